The molecule has 2 rings (SSSR count). The first kappa shape index (κ1) is 15.6. The van der Waals surface area contributed by atoms with Gasteiger partial charge in [-0.3, -0.25) is 0 Å². The van der Waals surface area contributed by atoms with Gasteiger partial charge in [0.15, 0.2) is 0 Å². The number of thiophene rings is 1. The summed E-state index contributed by atoms with van der Waals surface area (Å²) in [4.78, 5) is 6.35. The minimum Gasteiger partial charge on any atom is -0.315 e. The van der Waals surface area contributed by atoms with Crippen LogP contribution in [0.4, 0.5) is 0 Å². The van der Waals surface area contributed by atoms with Crippen molar-refractivity contribution in [1.82, 2.24) is 14.6 Å². The number of aromatic nitrogens is 1. The molecule has 0 spiro atoms. The Bertz CT molecular complexity index is 676. The Labute approximate surface area is 127 Å². The van der Waals surface area contributed by atoms with Crippen LogP contribution < -0.4 is 5.32 Å². The zero-order chi connectivity index (χ0) is 14.8. The molecule has 110 valence electrons. The van der Waals surface area contributed by atoms with Crippen LogP contribution in [0, 0.1) is 6.92 Å². The number of hydrogen-bond acceptors (Lipinski definition) is 6. The van der Waals surface area contributed by atoms with E-state index in [1.54, 1.807) is 25.7 Å². The molecule has 2 aromatic heterocycles. The molecule has 20 heavy (non-hydrogen) atoms. The average molecular weight is 331 g/mol. The second-order valence-corrected chi connectivity index (χ2v) is 8.31. The molecule has 0 aliphatic rings. The van der Waals surface area contributed by atoms with Crippen LogP contribution in [0.2, 0.25) is 0 Å². The summed E-state index contributed by atoms with van der Waals surface area (Å²) < 4.78 is 26.6. The van der Waals surface area contributed by atoms with E-state index in [-0.39, 0.29) is 0 Å². The van der Waals surface area contributed by atoms with E-state index in [0.29, 0.717) is 18.0 Å². The molecular weight excluding hydrogens is 314 g/mol. The number of rotatable bonds is 6. The van der Waals surface area contributed by atoms with Crippen LogP contribution in [0.1, 0.15) is 15.4 Å². The summed E-state index contributed by atoms with van der Waals surface area (Å²) in [6.07, 6.45) is 0. The molecule has 0 unspecified atom stereocenters. The predicted molar refractivity (Wildman–Crippen MR) is 82.6 cm³/mol. The van der Waals surface area contributed by atoms with Crippen LogP contribution >= 0.6 is 22.7 Å². The molecule has 0 saturated heterocycles. The molecule has 0 radical (unpaired) electrons. The van der Waals surface area contributed by atoms with Crippen molar-refractivity contribution in [2.75, 3.05) is 14.1 Å². The largest absolute Gasteiger partial charge is 0.315 e. The first-order valence-electron chi connectivity index (χ1n) is 6.03. The van der Waals surface area contributed by atoms with Crippen molar-refractivity contribution in [3.63, 3.8) is 0 Å². The Morgan fingerprint density at radius 3 is 2.70 bits per heavy atom. The lowest BCUT2D eigenvalue weighted by Crippen LogP contribution is -2.27. The van der Waals surface area contributed by atoms with Crippen LogP contribution in [0.5, 0.6) is 0 Å². The van der Waals surface area contributed by atoms with E-state index in [4.69, 9.17) is 0 Å². The van der Waals surface area contributed by atoms with Crippen LogP contribution in [0.15, 0.2) is 21.9 Å². The second kappa shape index (κ2) is 6.31. The van der Waals surface area contributed by atoms with E-state index < -0.39 is 10.0 Å². The summed E-state index contributed by atoms with van der Waals surface area (Å²) in [5.41, 5.74) is 2.63. The van der Waals surface area contributed by atoms with E-state index in [0.717, 1.165) is 15.4 Å². The zero-order valence-corrected chi connectivity index (χ0v) is 14.0. The summed E-state index contributed by atoms with van der Waals surface area (Å²) in [6.45, 7) is 2.80. The molecule has 0 fully saturated rings. The maximum atomic E-state index is 12.6. The molecule has 0 aromatic carbocycles. The molecule has 0 bridgehead atoms. The van der Waals surface area contributed by atoms with Gasteiger partial charge in [-0.05, 0) is 25.4 Å². The Hall–Kier alpha value is -0.800. The van der Waals surface area contributed by atoms with E-state index >= 15 is 0 Å². The summed E-state index contributed by atoms with van der Waals surface area (Å²) in [7, 11) is -0.0462. The van der Waals surface area contributed by atoms with Crippen molar-refractivity contribution in [2.45, 2.75) is 24.9 Å². The number of sulfonamides is 1. The fourth-order valence-corrected chi connectivity index (χ4v) is 5.25. The monoisotopic (exact) mass is 331 g/mol. The van der Waals surface area contributed by atoms with Crippen molar-refractivity contribution in [1.29, 1.82) is 0 Å². The van der Waals surface area contributed by atoms with Crippen molar-refractivity contribution in [3.8, 4) is 0 Å². The average Bonchev–Trinajstić information content (AvgIpc) is 3.00. The summed E-state index contributed by atoms with van der Waals surface area (Å²) in [6, 6.07) is 1.67. The summed E-state index contributed by atoms with van der Waals surface area (Å²) in [5, 5.41) is 4.81. The summed E-state index contributed by atoms with van der Waals surface area (Å²) in [5.74, 6) is 0. The minimum absolute atomic E-state index is 0.355. The lowest BCUT2D eigenvalue weighted by Gasteiger charge is -2.17. The molecule has 1 N–H and O–H groups in total. The van der Waals surface area contributed by atoms with Gasteiger partial charge >= 0.3 is 0 Å². The molecule has 5 nitrogen and oxygen atoms in total. The van der Waals surface area contributed by atoms with E-state index in [2.05, 4.69) is 10.3 Å². The molecule has 0 aliphatic heterocycles. The number of hydrogen-bond donors (Lipinski definition) is 1. The third-order valence-corrected chi connectivity index (χ3v) is 6.80. The lowest BCUT2D eigenvalue weighted by molar-refractivity contribution is 0.468. The van der Waals surface area contributed by atoms with Gasteiger partial charge < -0.3 is 5.32 Å². The predicted octanol–water partition coefficient (Wildman–Crippen LogP) is 2.05. The molecular formula is C12H17N3O2S3. The van der Waals surface area contributed by atoms with E-state index in [1.165, 1.54) is 27.0 Å². The normalized spacial score (nSPS) is 12.2. The second-order valence-electron chi connectivity index (χ2n) is 4.36. The lowest BCUT2D eigenvalue weighted by atomic mass is 10.4. The van der Waals surface area contributed by atoms with E-state index in [9.17, 15) is 8.42 Å². The maximum Gasteiger partial charge on any atom is 0.244 e. The SMILES string of the molecule is CNCc1sccc1S(=O)(=O)N(C)Cc1scnc1C. The van der Waals surface area contributed by atoms with Crippen LogP contribution in [0.25, 0.3) is 0 Å². The van der Waals surface area contributed by atoms with Gasteiger partial charge in [0.1, 0.15) is 0 Å². The van der Waals surface area contributed by atoms with Gasteiger partial charge in [0.25, 0.3) is 0 Å². The third kappa shape index (κ3) is 3.09. The Morgan fingerprint density at radius 2 is 2.10 bits per heavy atom. The molecule has 2 heterocycles. The molecule has 0 saturated carbocycles. The van der Waals surface area contributed by atoms with Gasteiger partial charge in [-0.2, -0.15) is 4.31 Å². The minimum atomic E-state index is -3.46. The van der Waals surface area contributed by atoms with Gasteiger partial charge in [0.05, 0.1) is 16.1 Å². The van der Waals surface area contributed by atoms with Gasteiger partial charge in [-0.25, -0.2) is 13.4 Å². The quantitative estimate of drug-likeness (QED) is 0.880. The third-order valence-electron chi connectivity index (χ3n) is 2.94. The van der Waals surface area contributed by atoms with Crippen molar-refractivity contribution >= 4 is 32.7 Å². The number of nitrogens with zero attached hydrogens (tertiary/aromatic N) is 2. The molecule has 0 amide bonds. The topological polar surface area (TPSA) is 62.3 Å². The van der Waals surface area contributed by atoms with Crippen LogP contribution in [-0.4, -0.2) is 31.8 Å². The fourth-order valence-electron chi connectivity index (χ4n) is 1.78. The highest BCUT2D eigenvalue weighted by Gasteiger charge is 2.25. The smallest absolute Gasteiger partial charge is 0.244 e. The van der Waals surface area contributed by atoms with Crippen LogP contribution in [0.3, 0.4) is 0 Å². The van der Waals surface area contributed by atoms with Crippen molar-refractivity contribution < 1.29 is 8.42 Å². The zero-order valence-electron chi connectivity index (χ0n) is 11.6. The fraction of sp³-hybridized carbons (Fsp3) is 0.417. The van der Waals surface area contributed by atoms with Gasteiger partial charge in [-0.15, -0.1) is 22.7 Å². The Morgan fingerprint density at radius 1 is 1.35 bits per heavy atom. The first-order valence-corrected chi connectivity index (χ1v) is 9.23. The first-order chi connectivity index (χ1) is 9.46. The van der Waals surface area contributed by atoms with E-state index in [1.807, 2.05) is 12.3 Å². The highest BCUT2D eigenvalue weighted by molar-refractivity contribution is 7.89. The molecule has 8 heteroatoms. The number of aryl methyl sites for hydroxylation is 1. The maximum absolute atomic E-state index is 12.6. The Balaban J connectivity index is 2.25. The van der Waals surface area contributed by atoms with Crippen LogP contribution in [-0.2, 0) is 23.1 Å². The highest BCUT2D eigenvalue weighted by Crippen LogP contribution is 2.26. The molecule has 0 aliphatic carbocycles. The standard InChI is InChI=1S/C12H17N3O2S3/c1-9-11(19-8-14-9)7-15(3)20(16,17)12-4-5-18-10(12)6-13-2/h4-5,8,13H,6-7H2,1-3H3. The summed E-state index contributed by atoms with van der Waals surface area (Å²) >= 11 is 2.93. The number of nitrogens with one attached hydrogen (secondary N) is 1. The highest BCUT2D eigenvalue weighted by atomic mass is 32.2. The van der Waals surface area contributed by atoms with Crippen molar-refractivity contribution in [3.05, 3.63) is 32.4 Å². The molecule has 2 aromatic rings. The molecule has 0 atom stereocenters. The van der Waals surface area contributed by atoms with Crippen molar-refractivity contribution in [2.24, 2.45) is 0 Å². The Kier molecular flexibility index (Phi) is 4.92. The number of thiazole rings is 1. The van der Waals surface area contributed by atoms with Gasteiger partial charge in [0, 0.05) is 29.9 Å². The van der Waals surface area contributed by atoms with Gasteiger partial charge in [-0.1, -0.05) is 0 Å². The van der Waals surface area contributed by atoms with Gasteiger partial charge in [0.2, 0.25) is 10.0 Å².